The van der Waals surface area contributed by atoms with Gasteiger partial charge in [-0.3, -0.25) is 0 Å². The number of rotatable bonds is 3. The van der Waals surface area contributed by atoms with E-state index in [1.165, 1.54) is 16.7 Å². The zero-order valence-electron chi connectivity index (χ0n) is 8.38. The highest BCUT2D eigenvalue weighted by atomic mass is 14.0. The van der Waals surface area contributed by atoms with Crippen LogP contribution in [0.15, 0.2) is 43.0 Å². The lowest BCUT2D eigenvalue weighted by atomic mass is 10.0. The molecule has 1 rings (SSSR count). The molecule has 0 amide bonds. The van der Waals surface area contributed by atoms with Gasteiger partial charge in [0.1, 0.15) is 0 Å². The van der Waals surface area contributed by atoms with Crippen LogP contribution in [0.3, 0.4) is 0 Å². The quantitative estimate of drug-likeness (QED) is 0.605. The van der Waals surface area contributed by atoms with Crippen molar-refractivity contribution in [3.05, 3.63) is 54.1 Å². The van der Waals surface area contributed by atoms with Gasteiger partial charge in [-0.1, -0.05) is 42.0 Å². The molecule has 0 bridgehead atoms. The van der Waals surface area contributed by atoms with Gasteiger partial charge in [0.05, 0.1) is 0 Å². The van der Waals surface area contributed by atoms with E-state index in [1.807, 2.05) is 6.08 Å². The first-order chi connectivity index (χ1) is 6.24. The lowest BCUT2D eigenvalue weighted by Crippen LogP contribution is -1.80. The molecule has 0 atom stereocenters. The summed E-state index contributed by atoms with van der Waals surface area (Å²) in [6.07, 6.45) is 5.06. The molecule has 0 aliphatic rings. The molecule has 1 aromatic carbocycles. The SMILES string of the molecule is C=CC/C=C(\C)c1cccc(C)c1. The van der Waals surface area contributed by atoms with Crippen LogP contribution < -0.4 is 0 Å². The Labute approximate surface area is 80.6 Å². The van der Waals surface area contributed by atoms with E-state index >= 15 is 0 Å². The zero-order valence-corrected chi connectivity index (χ0v) is 8.38. The van der Waals surface area contributed by atoms with Crippen LogP contribution in [-0.4, -0.2) is 0 Å². The Hall–Kier alpha value is -1.30. The summed E-state index contributed by atoms with van der Waals surface area (Å²) < 4.78 is 0. The first-order valence-corrected chi connectivity index (χ1v) is 4.58. The molecule has 0 aliphatic carbocycles. The van der Waals surface area contributed by atoms with Crippen LogP contribution in [0.25, 0.3) is 5.57 Å². The minimum atomic E-state index is 0.944. The molecule has 0 saturated carbocycles. The molecule has 0 aliphatic heterocycles. The largest absolute Gasteiger partial charge is 0.103 e. The van der Waals surface area contributed by atoms with Crippen molar-refractivity contribution in [3.8, 4) is 0 Å². The van der Waals surface area contributed by atoms with E-state index in [1.54, 1.807) is 0 Å². The molecule has 0 unspecified atom stereocenters. The van der Waals surface area contributed by atoms with Crippen LogP contribution in [-0.2, 0) is 0 Å². The Morgan fingerprint density at radius 3 is 2.85 bits per heavy atom. The van der Waals surface area contributed by atoms with Gasteiger partial charge in [0.25, 0.3) is 0 Å². The summed E-state index contributed by atoms with van der Waals surface area (Å²) in [4.78, 5) is 0. The number of hydrogen-bond donors (Lipinski definition) is 0. The maximum absolute atomic E-state index is 3.70. The Morgan fingerprint density at radius 1 is 1.46 bits per heavy atom. The molecule has 0 heterocycles. The predicted molar refractivity (Wildman–Crippen MR) is 59.6 cm³/mol. The summed E-state index contributed by atoms with van der Waals surface area (Å²) in [6.45, 7) is 7.95. The number of aryl methyl sites for hydroxylation is 1. The van der Waals surface area contributed by atoms with Gasteiger partial charge in [-0.25, -0.2) is 0 Å². The van der Waals surface area contributed by atoms with Crippen molar-refractivity contribution in [1.29, 1.82) is 0 Å². The predicted octanol–water partition coefficient (Wildman–Crippen LogP) is 3.97. The summed E-state index contributed by atoms with van der Waals surface area (Å²) in [5, 5.41) is 0. The van der Waals surface area contributed by atoms with Crippen LogP contribution in [0.5, 0.6) is 0 Å². The lowest BCUT2D eigenvalue weighted by Gasteiger charge is -2.01. The molecule has 1 aromatic rings. The number of benzene rings is 1. The van der Waals surface area contributed by atoms with E-state index in [9.17, 15) is 0 Å². The zero-order chi connectivity index (χ0) is 9.68. The fraction of sp³-hybridized carbons (Fsp3) is 0.231. The van der Waals surface area contributed by atoms with Gasteiger partial charge in [-0.2, -0.15) is 0 Å². The number of allylic oxidation sites excluding steroid dienone is 3. The molecule has 0 N–H and O–H groups in total. The molecule has 68 valence electrons. The summed E-state index contributed by atoms with van der Waals surface area (Å²) in [5.74, 6) is 0. The van der Waals surface area contributed by atoms with Gasteiger partial charge in [0.2, 0.25) is 0 Å². The Bertz CT molecular complexity index is 319. The maximum atomic E-state index is 3.70. The van der Waals surface area contributed by atoms with Crippen molar-refractivity contribution in [2.24, 2.45) is 0 Å². The highest BCUT2D eigenvalue weighted by molar-refractivity contribution is 5.64. The molecule has 0 spiro atoms. The van der Waals surface area contributed by atoms with Crippen molar-refractivity contribution >= 4 is 5.57 Å². The summed E-state index contributed by atoms with van der Waals surface area (Å²) in [6, 6.07) is 8.55. The fourth-order valence-corrected chi connectivity index (χ4v) is 1.27. The average molecular weight is 172 g/mol. The Morgan fingerprint density at radius 2 is 2.23 bits per heavy atom. The highest BCUT2D eigenvalue weighted by Gasteiger charge is 1.93. The topological polar surface area (TPSA) is 0 Å². The molecule has 0 heteroatoms. The third-order valence-electron chi connectivity index (χ3n) is 2.06. The monoisotopic (exact) mass is 172 g/mol. The van der Waals surface area contributed by atoms with Crippen LogP contribution in [0.4, 0.5) is 0 Å². The Balaban J connectivity index is 2.88. The molecule has 0 saturated heterocycles. The third kappa shape index (κ3) is 2.90. The van der Waals surface area contributed by atoms with E-state index in [0.717, 1.165) is 6.42 Å². The highest BCUT2D eigenvalue weighted by Crippen LogP contribution is 2.15. The average Bonchev–Trinajstić information content (AvgIpc) is 2.14. The second-order valence-corrected chi connectivity index (χ2v) is 3.28. The first kappa shape index (κ1) is 9.79. The van der Waals surface area contributed by atoms with Crippen molar-refractivity contribution in [2.75, 3.05) is 0 Å². The van der Waals surface area contributed by atoms with Gasteiger partial charge in [0, 0.05) is 0 Å². The van der Waals surface area contributed by atoms with Crippen LogP contribution in [0.2, 0.25) is 0 Å². The van der Waals surface area contributed by atoms with Gasteiger partial charge in [0.15, 0.2) is 0 Å². The minimum absolute atomic E-state index is 0.944. The Kier molecular flexibility index (Phi) is 3.51. The summed E-state index contributed by atoms with van der Waals surface area (Å²) in [7, 11) is 0. The van der Waals surface area contributed by atoms with Crippen LogP contribution in [0.1, 0.15) is 24.5 Å². The third-order valence-corrected chi connectivity index (χ3v) is 2.06. The molecule has 0 aromatic heterocycles. The van der Waals surface area contributed by atoms with E-state index in [2.05, 4.69) is 50.8 Å². The normalized spacial score (nSPS) is 11.4. The van der Waals surface area contributed by atoms with Crippen molar-refractivity contribution in [3.63, 3.8) is 0 Å². The minimum Gasteiger partial charge on any atom is -0.103 e. The fourth-order valence-electron chi connectivity index (χ4n) is 1.27. The van der Waals surface area contributed by atoms with E-state index in [0.29, 0.717) is 0 Å². The van der Waals surface area contributed by atoms with Gasteiger partial charge in [-0.05, 0) is 31.4 Å². The smallest absolute Gasteiger partial charge is 0.0166 e. The molecule has 0 radical (unpaired) electrons. The van der Waals surface area contributed by atoms with Crippen molar-refractivity contribution in [2.45, 2.75) is 20.3 Å². The molecular weight excluding hydrogens is 156 g/mol. The van der Waals surface area contributed by atoms with E-state index < -0.39 is 0 Å². The molecule has 13 heavy (non-hydrogen) atoms. The van der Waals surface area contributed by atoms with Crippen LogP contribution in [0, 0.1) is 6.92 Å². The first-order valence-electron chi connectivity index (χ1n) is 4.58. The van der Waals surface area contributed by atoms with Crippen molar-refractivity contribution in [1.82, 2.24) is 0 Å². The summed E-state index contributed by atoms with van der Waals surface area (Å²) in [5.41, 5.74) is 3.94. The van der Waals surface area contributed by atoms with Crippen LogP contribution >= 0.6 is 0 Å². The van der Waals surface area contributed by atoms with Gasteiger partial charge in [-0.15, -0.1) is 6.58 Å². The number of hydrogen-bond acceptors (Lipinski definition) is 0. The lowest BCUT2D eigenvalue weighted by molar-refractivity contribution is 1.37. The maximum Gasteiger partial charge on any atom is -0.0166 e. The molecule has 0 fully saturated rings. The van der Waals surface area contributed by atoms with Gasteiger partial charge < -0.3 is 0 Å². The molecule has 0 nitrogen and oxygen atoms in total. The second kappa shape index (κ2) is 4.66. The van der Waals surface area contributed by atoms with E-state index in [4.69, 9.17) is 0 Å². The van der Waals surface area contributed by atoms with Gasteiger partial charge >= 0.3 is 0 Å². The standard InChI is InChI=1S/C13H16/c1-4-5-8-12(3)13-9-6-7-11(2)10-13/h4,6-10H,1,5H2,2-3H3/b12-8+. The van der Waals surface area contributed by atoms with E-state index in [-0.39, 0.29) is 0 Å². The summed E-state index contributed by atoms with van der Waals surface area (Å²) >= 11 is 0. The molecular formula is C13H16. The second-order valence-electron chi connectivity index (χ2n) is 3.28. The van der Waals surface area contributed by atoms with Crippen molar-refractivity contribution < 1.29 is 0 Å².